The van der Waals surface area contributed by atoms with Crippen LogP contribution >= 0.6 is 11.8 Å². The second kappa shape index (κ2) is 9.47. The number of phenols is 1. The van der Waals surface area contributed by atoms with Crippen molar-refractivity contribution in [1.29, 1.82) is 0 Å². The van der Waals surface area contributed by atoms with Crippen molar-refractivity contribution in [3.63, 3.8) is 0 Å². The van der Waals surface area contributed by atoms with Crippen LogP contribution in [0.3, 0.4) is 0 Å². The van der Waals surface area contributed by atoms with Gasteiger partial charge in [-0.05, 0) is 52.8 Å². The quantitative estimate of drug-likeness (QED) is 0.359. The summed E-state index contributed by atoms with van der Waals surface area (Å²) >= 11 is 0.806. The van der Waals surface area contributed by atoms with Gasteiger partial charge < -0.3 is 9.84 Å². The Balaban J connectivity index is 2.36. The second-order valence-corrected chi connectivity index (χ2v) is 10.8. The van der Waals surface area contributed by atoms with Crippen LogP contribution in [0.25, 0.3) is 6.08 Å². The topological polar surface area (TPSA) is 83.9 Å². The Kier molecular flexibility index (Phi) is 7.63. The maximum atomic E-state index is 12.8. The molecular formula is C24H33NO5S. The molecule has 7 heteroatoms. The molecule has 1 heterocycles. The van der Waals surface area contributed by atoms with Gasteiger partial charge in [-0.15, -0.1) is 0 Å². The summed E-state index contributed by atoms with van der Waals surface area (Å²) in [5, 5.41) is 10.4. The summed E-state index contributed by atoms with van der Waals surface area (Å²) in [6.45, 7) is 13.9. The minimum atomic E-state index is -0.591. The molecule has 0 saturated carbocycles. The third-order valence-electron chi connectivity index (χ3n) is 4.97. The summed E-state index contributed by atoms with van der Waals surface area (Å²) < 4.78 is 5.07. The molecule has 170 valence electrons. The normalized spacial score (nSPS) is 16.4. The van der Waals surface area contributed by atoms with E-state index < -0.39 is 17.1 Å². The first-order valence-electron chi connectivity index (χ1n) is 10.5. The number of benzene rings is 1. The molecule has 0 bridgehead atoms. The highest BCUT2D eigenvalue weighted by Crippen LogP contribution is 2.41. The van der Waals surface area contributed by atoms with Crippen LogP contribution in [-0.4, -0.2) is 40.3 Å². The van der Waals surface area contributed by atoms with Gasteiger partial charge in [0, 0.05) is 11.1 Å². The van der Waals surface area contributed by atoms with Crippen molar-refractivity contribution in [3.8, 4) is 5.75 Å². The highest BCUT2D eigenvalue weighted by Gasteiger charge is 2.37. The number of thioether (sulfide) groups is 1. The number of rotatable bonds is 6. The molecule has 0 aromatic heterocycles. The Hall–Kier alpha value is -2.28. The van der Waals surface area contributed by atoms with E-state index in [1.54, 1.807) is 6.08 Å². The number of phenolic OH excluding ortho intramolecular Hbond substituents is 1. The fourth-order valence-corrected chi connectivity index (χ4v) is 4.01. The standard InChI is InChI=1S/C24H33NO5S/c1-8-9-10-30-19(26)14-25-21(28)18(31-22(25)29)13-15-11-16(23(2,3)4)20(27)17(12-15)24(5,6)7/h11-13,27H,8-10,14H2,1-7H3/b18-13-. The van der Waals surface area contributed by atoms with Gasteiger partial charge in [0.1, 0.15) is 12.3 Å². The van der Waals surface area contributed by atoms with Crippen LogP contribution in [0.5, 0.6) is 5.75 Å². The van der Waals surface area contributed by atoms with Gasteiger partial charge in [-0.3, -0.25) is 19.3 Å². The summed E-state index contributed by atoms with van der Waals surface area (Å²) in [4.78, 5) is 38.2. The van der Waals surface area contributed by atoms with Crippen molar-refractivity contribution < 1.29 is 24.2 Å². The monoisotopic (exact) mass is 447 g/mol. The van der Waals surface area contributed by atoms with E-state index in [-0.39, 0.29) is 34.6 Å². The highest BCUT2D eigenvalue weighted by molar-refractivity contribution is 8.18. The zero-order chi connectivity index (χ0) is 23.6. The summed E-state index contributed by atoms with van der Waals surface area (Å²) in [6, 6.07) is 3.69. The smallest absolute Gasteiger partial charge is 0.326 e. The van der Waals surface area contributed by atoms with E-state index in [0.717, 1.165) is 46.2 Å². The molecule has 31 heavy (non-hydrogen) atoms. The minimum absolute atomic E-state index is 0.247. The van der Waals surface area contributed by atoms with Crippen LogP contribution in [0.1, 0.15) is 78.0 Å². The van der Waals surface area contributed by atoms with Crippen LogP contribution in [0, 0.1) is 0 Å². The van der Waals surface area contributed by atoms with Crippen LogP contribution in [0.15, 0.2) is 17.0 Å². The lowest BCUT2D eigenvalue weighted by molar-refractivity contribution is -0.146. The first-order valence-corrected chi connectivity index (χ1v) is 11.4. The van der Waals surface area contributed by atoms with E-state index in [4.69, 9.17) is 4.74 Å². The minimum Gasteiger partial charge on any atom is -0.507 e. The van der Waals surface area contributed by atoms with Crippen molar-refractivity contribution in [3.05, 3.63) is 33.7 Å². The van der Waals surface area contributed by atoms with E-state index in [1.165, 1.54) is 0 Å². The molecule has 0 spiro atoms. The maximum absolute atomic E-state index is 12.8. The molecule has 0 unspecified atom stereocenters. The van der Waals surface area contributed by atoms with Crippen molar-refractivity contribution in [2.45, 2.75) is 72.1 Å². The molecular weight excluding hydrogens is 414 g/mol. The van der Waals surface area contributed by atoms with Crippen LogP contribution in [0.4, 0.5) is 4.79 Å². The Morgan fingerprint density at radius 1 is 1.10 bits per heavy atom. The van der Waals surface area contributed by atoms with Crippen LogP contribution < -0.4 is 0 Å². The first-order chi connectivity index (χ1) is 14.3. The Morgan fingerprint density at radius 3 is 2.13 bits per heavy atom. The number of imide groups is 1. The highest BCUT2D eigenvalue weighted by atomic mass is 32.2. The van der Waals surface area contributed by atoms with E-state index in [0.29, 0.717) is 0 Å². The van der Waals surface area contributed by atoms with Gasteiger partial charge in [0.25, 0.3) is 11.1 Å². The van der Waals surface area contributed by atoms with Crippen molar-refractivity contribution in [2.24, 2.45) is 0 Å². The van der Waals surface area contributed by atoms with Gasteiger partial charge >= 0.3 is 5.97 Å². The fourth-order valence-electron chi connectivity index (χ4n) is 3.18. The van der Waals surface area contributed by atoms with E-state index >= 15 is 0 Å². The predicted molar refractivity (Wildman–Crippen MR) is 124 cm³/mol. The first kappa shape index (κ1) is 25.0. The zero-order valence-electron chi connectivity index (χ0n) is 19.5. The van der Waals surface area contributed by atoms with Gasteiger partial charge in [-0.2, -0.15) is 0 Å². The maximum Gasteiger partial charge on any atom is 0.326 e. The number of ether oxygens (including phenoxy) is 1. The molecule has 0 aliphatic carbocycles. The van der Waals surface area contributed by atoms with Gasteiger partial charge in [0.2, 0.25) is 0 Å². The lowest BCUT2D eigenvalue weighted by Gasteiger charge is -2.28. The number of carbonyl (C=O) groups is 3. The number of nitrogens with zero attached hydrogens (tertiary/aromatic N) is 1. The summed E-state index contributed by atoms with van der Waals surface area (Å²) in [6.07, 6.45) is 3.27. The average Bonchev–Trinajstić information content (AvgIpc) is 2.88. The molecule has 0 atom stereocenters. The predicted octanol–water partition coefficient (Wildman–Crippen LogP) is 5.37. The Bertz CT molecular complexity index is 871. The van der Waals surface area contributed by atoms with E-state index in [1.807, 2.05) is 60.6 Å². The largest absolute Gasteiger partial charge is 0.507 e. The summed E-state index contributed by atoms with van der Waals surface area (Å²) in [5.41, 5.74) is 1.64. The van der Waals surface area contributed by atoms with Gasteiger partial charge in [0.05, 0.1) is 11.5 Å². The number of esters is 1. The van der Waals surface area contributed by atoms with E-state index in [9.17, 15) is 19.5 Å². The van der Waals surface area contributed by atoms with Crippen molar-refractivity contribution in [1.82, 2.24) is 4.90 Å². The van der Waals surface area contributed by atoms with Crippen molar-refractivity contribution >= 4 is 35.0 Å². The second-order valence-electron chi connectivity index (χ2n) is 9.81. The molecule has 1 fully saturated rings. The SMILES string of the molecule is CCCCOC(=O)CN1C(=O)S/C(=C\c2cc(C(C)(C)C)c(O)c(C(C)(C)C)c2)C1=O. The molecule has 2 amide bonds. The molecule has 6 nitrogen and oxygen atoms in total. The Morgan fingerprint density at radius 2 is 1.65 bits per heavy atom. The molecule has 1 aromatic rings. The molecule has 1 aliphatic rings. The summed E-state index contributed by atoms with van der Waals surface area (Å²) in [7, 11) is 0. The molecule has 1 N–H and O–H groups in total. The van der Waals surface area contributed by atoms with Gasteiger partial charge in [-0.1, -0.05) is 54.9 Å². The lowest BCUT2D eigenvalue weighted by Crippen LogP contribution is -2.34. The zero-order valence-corrected chi connectivity index (χ0v) is 20.3. The third-order valence-corrected chi connectivity index (χ3v) is 5.88. The molecule has 1 aliphatic heterocycles. The van der Waals surface area contributed by atoms with Crippen LogP contribution in [-0.2, 0) is 25.2 Å². The average molecular weight is 448 g/mol. The molecule has 1 aromatic carbocycles. The number of carbonyl (C=O) groups excluding carboxylic acids is 3. The van der Waals surface area contributed by atoms with Crippen LogP contribution in [0.2, 0.25) is 0 Å². The fraction of sp³-hybridized carbons (Fsp3) is 0.542. The van der Waals surface area contributed by atoms with Gasteiger partial charge in [0.15, 0.2) is 0 Å². The summed E-state index contributed by atoms with van der Waals surface area (Å²) in [5.74, 6) is -0.850. The molecule has 2 rings (SSSR count). The van der Waals surface area contributed by atoms with Gasteiger partial charge in [-0.25, -0.2) is 0 Å². The third kappa shape index (κ3) is 6.12. The molecule has 0 radical (unpaired) electrons. The number of amides is 2. The van der Waals surface area contributed by atoms with E-state index in [2.05, 4.69) is 0 Å². The molecule has 1 saturated heterocycles. The van der Waals surface area contributed by atoms with Crippen molar-refractivity contribution in [2.75, 3.05) is 13.2 Å². The Labute approximate surface area is 189 Å². The lowest BCUT2D eigenvalue weighted by atomic mass is 9.78. The number of hydrogen-bond donors (Lipinski definition) is 1. The number of hydrogen-bond acceptors (Lipinski definition) is 6. The number of unbranched alkanes of at least 4 members (excludes halogenated alkanes) is 1. The number of aromatic hydroxyl groups is 1.